The van der Waals surface area contributed by atoms with Crippen molar-refractivity contribution >= 4 is 38.9 Å². The smallest absolute Gasteiger partial charge is 0.0619 e. The van der Waals surface area contributed by atoms with E-state index in [9.17, 15) is 0 Å². The van der Waals surface area contributed by atoms with Crippen LogP contribution in [0.5, 0.6) is 0 Å². The minimum Gasteiger partial charge on any atom is -0.310 e. The highest BCUT2D eigenvalue weighted by Gasteiger charge is 2.39. The van der Waals surface area contributed by atoms with E-state index in [1.165, 1.54) is 94.3 Å². The second-order valence-corrected chi connectivity index (χ2v) is 18.1. The van der Waals surface area contributed by atoms with E-state index in [2.05, 4.69) is 243 Å². The number of fused-ring (bicyclic) bond motifs is 9. The largest absolute Gasteiger partial charge is 0.310 e. The van der Waals surface area contributed by atoms with Gasteiger partial charge >= 0.3 is 0 Å². The van der Waals surface area contributed by atoms with Crippen LogP contribution in [0.1, 0.15) is 49.9 Å². The van der Waals surface area contributed by atoms with Crippen molar-refractivity contribution < 1.29 is 0 Å². The summed E-state index contributed by atoms with van der Waals surface area (Å²) in [5.74, 6) is 0. The third kappa shape index (κ3) is 5.23. The minimum atomic E-state index is -0.125. The average Bonchev–Trinajstić information content (AvgIpc) is 3.87. The third-order valence-electron chi connectivity index (χ3n) is 14.0. The Morgan fingerprint density at radius 3 is 1.68 bits per heavy atom. The molecule has 62 heavy (non-hydrogen) atoms. The van der Waals surface area contributed by atoms with E-state index in [0.29, 0.717) is 0 Å². The maximum absolute atomic E-state index is 2.49. The molecule has 1 heterocycles. The Balaban J connectivity index is 1.06. The van der Waals surface area contributed by atoms with Gasteiger partial charge in [-0.2, -0.15) is 0 Å². The van der Waals surface area contributed by atoms with E-state index in [1.54, 1.807) is 0 Å². The molecule has 0 aliphatic heterocycles. The monoisotopic (exact) mass is 794 g/mol. The highest BCUT2D eigenvalue weighted by atomic mass is 15.1. The van der Waals surface area contributed by atoms with Crippen LogP contribution in [-0.4, -0.2) is 4.57 Å². The lowest BCUT2D eigenvalue weighted by Crippen LogP contribution is -2.16. The Labute approximate surface area is 364 Å². The van der Waals surface area contributed by atoms with Gasteiger partial charge in [0.2, 0.25) is 0 Å². The van der Waals surface area contributed by atoms with Crippen LogP contribution in [0.4, 0.5) is 17.1 Å². The summed E-state index contributed by atoms with van der Waals surface area (Å²) >= 11 is 0. The van der Waals surface area contributed by atoms with E-state index in [-0.39, 0.29) is 10.8 Å². The lowest BCUT2D eigenvalue weighted by Gasteiger charge is -2.29. The number of anilines is 3. The molecule has 2 aliphatic rings. The molecule has 0 radical (unpaired) electrons. The van der Waals surface area contributed by atoms with Crippen LogP contribution in [0.3, 0.4) is 0 Å². The highest BCUT2D eigenvalue weighted by Crippen LogP contribution is 2.55. The third-order valence-corrected chi connectivity index (χ3v) is 14.0. The molecule has 12 rings (SSSR count). The molecule has 0 N–H and O–H groups in total. The van der Waals surface area contributed by atoms with Crippen LogP contribution in [-0.2, 0) is 10.8 Å². The Kier molecular flexibility index (Phi) is 7.96. The summed E-state index contributed by atoms with van der Waals surface area (Å²) in [6, 6.07) is 76.5. The molecular formula is C60H46N2. The fourth-order valence-corrected chi connectivity index (χ4v) is 11.0. The summed E-state index contributed by atoms with van der Waals surface area (Å²) in [7, 11) is 0. The molecule has 296 valence electrons. The summed E-state index contributed by atoms with van der Waals surface area (Å²) in [6.07, 6.45) is 0. The van der Waals surface area contributed by atoms with Crippen molar-refractivity contribution in [2.45, 2.75) is 38.5 Å². The summed E-state index contributed by atoms with van der Waals surface area (Å²) < 4.78 is 2.43. The quantitative estimate of drug-likeness (QED) is 0.163. The molecule has 0 atom stereocenters. The van der Waals surface area contributed by atoms with Crippen molar-refractivity contribution in [3.63, 3.8) is 0 Å². The van der Waals surface area contributed by atoms with Crippen molar-refractivity contribution in [3.05, 3.63) is 229 Å². The van der Waals surface area contributed by atoms with Gasteiger partial charge in [-0.1, -0.05) is 185 Å². The standard InChI is InChI=1S/C60H46N2/c1-59(2)50-28-11-8-23-48(50)56-44(25-16-30-52(56)59)40-18-14-21-43(38-40)61(55-33-17-31-53-57(55)49-24-9-12-29-51(49)60(53,3)4)42-36-34-39(35-37-42)45-26-15-27-47-46-22-10-13-32-54(46)62(58(45)47)41-19-6-5-7-20-41/h5-38H,1-4H3. The first kappa shape index (κ1) is 36.4. The molecular weight excluding hydrogens is 749 g/mol. The summed E-state index contributed by atoms with van der Waals surface area (Å²) in [4.78, 5) is 2.49. The molecule has 0 amide bonds. The molecule has 2 aliphatic carbocycles. The van der Waals surface area contributed by atoms with Gasteiger partial charge in [-0.05, 0) is 104 Å². The number of benzene rings is 9. The molecule has 10 aromatic rings. The zero-order chi connectivity index (χ0) is 41.7. The zero-order valence-corrected chi connectivity index (χ0v) is 35.5. The maximum atomic E-state index is 2.49. The molecule has 1 aromatic heterocycles. The number of hydrogen-bond donors (Lipinski definition) is 0. The number of hydrogen-bond acceptors (Lipinski definition) is 1. The number of rotatable bonds is 6. The van der Waals surface area contributed by atoms with Gasteiger partial charge in [-0.3, -0.25) is 0 Å². The lowest BCUT2D eigenvalue weighted by molar-refractivity contribution is 0.660. The first-order valence-electron chi connectivity index (χ1n) is 21.9. The molecule has 0 spiro atoms. The molecule has 0 saturated heterocycles. The van der Waals surface area contributed by atoms with Gasteiger partial charge in [-0.15, -0.1) is 0 Å². The van der Waals surface area contributed by atoms with Crippen LogP contribution >= 0.6 is 0 Å². The van der Waals surface area contributed by atoms with Crippen LogP contribution < -0.4 is 4.90 Å². The predicted molar refractivity (Wildman–Crippen MR) is 261 cm³/mol. The Bertz CT molecular complexity index is 3400. The summed E-state index contributed by atoms with van der Waals surface area (Å²) in [5, 5.41) is 2.51. The van der Waals surface area contributed by atoms with Gasteiger partial charge in [0.15, 0.2) is 0 Å². The van der Waals surface area contributed by atoms with Gasteiger partial charge in [-0.25, -0.2) is 0 Å². The molecule has 9 aromatic carbocycles. The second-order valence-electron chi connectivity index (χ2n) is 18.1. The van der Waals surface area contributed by atoms with Crippen LogP contribution in [0.15, 0.2) is 206 Å². The Morgan fingerprint density at radius 1 is 0.371 bits per heavy atom. The van der Waals surface area contributed by atoms with Crippen molar-refractivity contribution in [2.24, 2.45) is 0 Å². The summed E-state index contributed by atoms with van der Waals surface area (Å²) in [6.45, 7) is 9.46. The molecule has 0 unspecified atom stereocenters. The van der Waals surface area contributed by atoms with E-state index in [4.69, 9.17) is 0 Å². The van der Waals surface area contributed by atoms with Crippen LogP contribution in [0.25, 0.3) is 72.0 Å². The topological polar surface area (TPSA) is 8.17 Å². The van der Waals surface area contributed by atoms with E-state index in [1.807, 2.05) is 0 Å². The molecule has 0 saturated carbocycles. The van der Waals surface area contributed by atoms with Gasteiger partial charge in [0.05, 0.1) is 16.7 Å². The normalized spacial score (nSPS) is 14.1. The highest BCUT2D eigenvalue weighted by molar-refractivity contribution is 6.14. The van der Waals surface area contributed by atoms with E-state index in [0.717, 1.165) is 17.1 Å². The van der Waals surface area contributed by atoms with E-state index < -0.39 is 0 Å². The molecule has 0 fully saturated rings. The number of nitrogens with zero attached hydrogens (tertiary/aromatic N) is 2. The lowest BCUT2D eigenvalue weighted by atomic mass is 9.82. The fourth-order valence-electron chi connectivity index (χ4n) is 11.0. The minimum absolute atomic E-state index is 0.0715. The number of aromatic nitrogens is 1. The predicted octanol–water partition coefficient (Wildman–Crippen LogP) is 16.2. The molecule has 2 nitrogen and oxygen atoms in total. The SMILES string of the molecule is CC1(C)c2ccccc2-c2c(-c3cccc(N(c4ccc(-c5cccc6c7ccccc7n(-c7ccccc7)c56)cc4)c4cccc5c4-c4ccccc4C5(C)C)c3)cccc21. The van der Waals surface area contributed by atoms with Crippen molar-refractivity contribution in [2.75, 3.05) is 4.90 Å². The average molecular weight is 795 g/mol. The van der Waals surface area contributed by atoms with Gasteiger partial charge in [0.25, 0.3) is 0 Å². The first-order chi connectivity index (χ1) is 30.3. The van der Waals surface area contributed by atoms with Crippen molar-refractivity contribution in [1.82, 2.24) is 4.57 Å². The Morgan fingerprint density at radius 2 is 0.919 bits per heavy atom. The zero-order valence-electron chi connectivity index (χ0n) is 35.5. The second kappa shape index (κ2) is 13.5. The van der Waals surface area contributed by atoms with Crippen molar-refractivity contribution in [3.8, 4) is 50.2 Å². The Hall–Kier alpha value is -7.42. The molecule has 2 heteroatoms. The number of para-hydroxylation sites is 3. The summed E-state index contributed by atoms with van der Waals surface area (Å²) in [5.41, 5.74) is 22.5. The van der Waals surface area contributed by atoms with Crippen LogP contribution in [0, 0.1) is 0 Å². The van der Waals surface area contributed by atoms with Crippen LogP contribution in [0.2, 0.25) is 0 Å². The fraction of sp³-hybridized carbons (Fsp3) is 0.100. The maximum Gasteiger partial charge on any atom is 0.0619 e. The van der Waals surface area contributed by atoms with Gasteiger partial charge in [0.1, 0.15) is 0 Å². The van der Waals surface area contributed by atoms with Gasteiger partial charge < -0.3 is 9.47 Å². The van der Waals surface area contributed by atoms with Crippen molar-refractivity contribution in [1.29, 1.82) is 0 Å². The first-order valence-corrected chi connectivity index (χ1v) is 21.9. The van der Waals surface area contributed by atoms with E-state index >= 15 is 0 Å². The van der Waals surface area contributed by atoms with Gasteiger partial charge in [0, 0.05) is 49.8 Å². The molecule has 0 bridgehead atoms.